The second kappa shape index (κ2) is 8.59. The van der Waals surface area contributed by atoms with Gasteiger partial charge >= 0.3 is 0 Å². The van der Waals surface area contributed by atoms with Crippen molar-refractivity contribution in [3.05, 3.63) is 59.7 Å². The van der Waals surface area contributed by atoms with Gasteiger partial charge in [-0.2, -0.15) is 0 Å². The number of nitrogens with zero attached hydrogens (tertiary/aromatic N) is 2. The minimum absolute atomic E-state index is 0.00376. The Labute approximate surface area is 199 Å². The van der Waals surface area contributed by atoms with Crippen molar-refractivity contribution in [3.8, 4) is 0 Å². The maximum Gasteiger partial charge on any atom is 0.243 e. The van der Waals surface area contributed by atoms with E-state index in [1.807, 2.05) is 86.5 Å². The zero-order valence-corrected chi connectivity index (χ0v) is 20.0. The molecular formula is C25H28N4O3S. The fourth-order valence-electron chi connectivity index (χ4n) is 5.05. The Hall–Kier alpha value is -3.26. The van der Waals surface area contributed by atoms with E-state index >= 15 is 0 Å². The fourth-order valence-corrected chi connectivity index (χ4v) is 5.24. The molecule has 1 heterocycles. The molecule has 2 unspecified atom stereocenters. The van der Waals surface area contributed by atoms with Crippen LogP contribution >= 0.6 is 12.2 Å². The van der Waals surface area contributed by atoms with Crippen molar-refractivity contribution in [2.75, 3.05) is 38.0 Å². The summed E-state index contributed by atoms with van der Waals surface area (Å²) in [6.45, 7) is 0. The number of thiocarbonyl (C=S) groups is 1. The summed E-state index contributed by atoms with van der Waals surface area (Å²) in [6.07, 6.45) is 0.225. The number of amides is 2. The summed E-state index contributed by atoms with van der Waals surface area (Å²) in [5.41, 5.74) is 2.05. The molecule has 1 saturated heterocycles. The maximum atomic E-state index is 13.6. The number of hydrogen-bond acceptors (Lipinski definition) is 6. The van der Waals surface area contributed by atoms with Gasteiger partial charge in [0, 0.05) is 64.2 Å². The highest BCUT2D eigenvalue weighted by Gasteiger charge is 2.63. The van der Waals surface area contributed by atoms with Crippen molar-refractivity contribution in [1.29, 1.82) is 0 Å². The van der Waals surface area contributed by atoms with E-state index in [9.17, 15) is 14.4 Å². The summed E-state index contributed by atoms with van der Waals surface area (Å²) in [6, 6.07) is 15.4. The molecule has 1 aliphatic heterocycles. The smallest absolute Gasteiger partial charge is 0.243 e. The lowest BCUT2D eigenvalue weighted by Gasteiger charge is -2.48. The molecule has 0 aromatic heterocycles. The van der Waals surface area contributed by atoms with Crippen LogP contribution in [-0.2, 0) is 14.4 Å². The van der Waals surface area contributed by atoms with Crippen LogP contribution in [0.15, 0.2) is 48.5 Å². The third-order valence-electron chi connectivity index (χ3n) is 6.79. The van der Waals surface area contributed by atoms with Gasteiger partial charge in [-0.15, -0.1) is 0 Å². The maximum absolute atomic E-state index is 13.6. The first-order valence-electron chi connectivity index (χ1n) is 10.9. The van der Waals surface area contributed by atoms with Gasteiger partial charge in [0.2, 0.25) is 11.8 Å². The highest BCUT2D eigenvalue weighted by atomic mass is 32.1. The number of ketones is 1. The van der Waals surface area contributed by atoms with Gasteiger partial charge in [0.1, 0.15) is 11.2 Å². The summed E-state index contributed by atoms with van der Waals surface area (Å²) in [5.74, 6) is -2.11. The molecule has 1 aliphatic carbocycles. The number of carbonyl (C=O) groups is 3. The predicted octanol–water partition coefficient (Wildman–Crippen LogP) is 2.57. The molecule has 2 fully saturated rings. The normalized spacial score (nSPS) is 22.1. The van der Waals surface area contributed by atoms with E-state index in [2.05, 4.69) is 10.6 Å². The molecule has 0 bridgehead atoms. The number of anilines is 2. The number of Topliss-reactive ketones (excluding diaryl/α,β-unsaturated/α-hetero) is 1. The van der Waals surface area contributed by atoms with Crippen LogP contribution in [-0.4, -0.2) is 50.9 Å². The van der Waals surface area contributed by atoms with Gasteiger partial charge in [-0.05, 0) is 47.6 Å². The van der Waals surface area contributed by atoms with Gasteiger partial charge in [-0.3, -0.25) is 14.4 Å². The van der Waals surface area contributed by atoms with E-state index in [1.54, 1.807) is 0 Å². The molecule has 2 amide bonds. The van der Waals surface area contributed by atoms with Gasteiger partial charge in [0.15, 0.2) is 5.11 Å². The number of nitrogens with one attached hydrogen (secondary N) is 2. The quantitative estimate of drug-likeness (QED) is 0.535. The molecule has 33 heavy (non-hydrogen) atoms. The lowest BCUT2D eigenvalue weighted by atomic mass is 9.54. The molecule has 0 radical (unpaired) electrons. The highest BCUT2D eigenvalue weighted by molar-refractivity contribution is 7.80. The van der Waals surface area contributed by atoms with Crippen LogP contribution < -0.4 is 20.4 Å². The van der Waals surface area contributed by atoms with E-state index in [0.717, 1.165) is 22.5 Å². The molecule has 1 saturated carbocycles. The summed E-state index contributed by atoms with van der Waals surface area (Å²) in [7, 11) is 7.77. The Kier molecular flexibility index (Phi) is 5.97. The second-order valence-corrected chi connectivity index (χ2v) is 9.54. The average molecular weight is 465 g/mol. The largest absolute Gasteiger partial charge is 0.378 e. The zero-order valence-electron chi connectivity index (χ0n) is 19.2. The monoisotopic (exact) mass is 464 g/mol. The molecule has 172 valence electrons. The Morgan fingerprint density at radius 2 is 1.09 bits per heavy atom. The molecule has 2 aromatic carbocycles. The molecule has 7 nitrogen and oxygen atoms in total. The van der Waals surface area contributed by atoms with Gasteiger partial charge in [-0.25, -0.2) is 0 Å². The molecule has 8 heteroatoms. The molecule has 4 rings (SSSR count). The minimum atomic E-state index is -1.49. The summed E-state index contributed by atoms with van der Waals surface area (Å²) >= 11 is 5.10. The van der Waals surface area contributed by atoms with E-state index in [1.165, 1.54) is 0 Å². The van der Waals surface area contributed by atoms with Crippen LogP contribution in [0.4, 0.5) is 11.4 Å². The van der Waals surface area contributed by atoms with Crippen LogP contribution in [0.1, 0.15) is 35.8 Å². The van der Waals surface area contributed by atoms with Crippen LogP contribution in [0.2, 0.25) is 0 Å². The highest BCUT2D eigenvalue weighted by Crippen LogP contribution is 2.55. The van der Waals surface area contributed by atoms with E-state index in [4.69, 9.17) is 12.2 Å². The third-order valence-corrected chi connectivity index (χ3v) is 7.00. The van der Waals surface area contributed by atoms with Crippen LogP contribution in [0.25, 0.3) is 0 Å². The minimum Gasteiger partial charge on any atom is -0.378 e. The second-order valence-electron chi connectivity index (χ2n) is 9.13. The Morgan fingerprint density at radius 3 is 1.42 bits per heavy atom. The topological polar surface area (TPSA) is 81.8 Å². The standard InChI is InChI=1S/C25H28N4O3S/c1-28(2)17-9-5-15(6-10-17)20-13-19(30)14-21(16-7-11-18(12-8-16)29(3)4)25(20)22(31)26-24(33)27-23(25)32/h5-12,20-21H,13-14H2,1-4H3,(H2,26,27,31,32,33). The predicted molar refractivity (Wildman–Crippen MR) is 133 cm³/mol. The molecule has 2 aromatic rings. The fraction of sp³-hybridized carbons (Fsp3) is 0.360. The SMILES string of the molecule is CN(C)c1ccc(C2CC(=O)CC(c3ccc(N(C)C)cc3)C23C(=O)NC(=S)NC3=O)cc1. The van der Waals surface area contributed by atoms with E-state index in [0.29, 0.717) is 0 Å². The lowest BCUT2D eigenvalue weighted by molar-refractivity contribution is -0.150. The molecule has 2 N–H and O–H groups in total. The van der Waals surface area contributed by atoms with Gasteiger partial charge in [-0.1, -0.05) is 24.3 Å². The first-order chi connectivity index (χ1) is 15.6. The first-order valence-corrected chi connectivity index (χ1v) is 11.3. The van der Waals surface area contributed by atoms with Crippen molar-refractivity contribution in [3.63, 3.8) is 0 Å². The Morgan fingerprint density at radius 1 is 0.727 bits per heavy atom. The molecule has 2 atom stereocenters. The number of hydrogen-bond donors (Lipinski definition) is 2. The van der Waals surface area contributed by atoms with Crippen molar-refractivity contribution < 1.29 is 14.4 Å². The molecule has 2 aliphatic rings. The van der Waals surface area contributed by atoms with Gasteiger partial charge < -0.3 is 20.4 Å². The first kappa shape index (κ1) is 22.9. The average Bonchev–Trinajstić information content (AvgIpc) is 2.77. The van der Waals surface area contributed by atoms with E-state index < -0.39 is 29.1 Å². The van der Waals surface area contributed by atoms with Crippen LogP contribution in [0, 0.1) is 5.41 Å². The summed E-state index contributed by atoms with van der Waals surface area (Å²) in [5, 5.41) is 5.35. The molecular weight excluding hydrogens is 436 g/mol. The van der Waals surface area contributed by atoms with Gasteiger partial charge in [0.05, 0.1) is 0 Å². The summed E-state index contributed by atoms with van der Waals surface area (Å²) < 4.78 is 0. The van der Waals surface area contributed by atoms with Crippen molar-refractivity contribution >= 4 is 46.3 Å². The molecule has 1 spiro atoms. The Balaban J connectivity index is 1.88. The van der Waals surface area contributed by atoms with Crippen LogP contribution in [0.3, 0.4) is 0 Å². The third kappa shape index (κ3) is 3.88. The van der Waals surface area contributed by atoms with Crippen LogP contribution in [0.5, 0.6) is 0 Å². The zero-order chi connectivity index (χ0) is 23.9. The number of benzene rings is 2. The van der Waals surface area contributed by atoms with E-state index in [-0.39, 0.29) is 23.7 Å². The van der Waals surface area contributed by atoms with Crippen molar-refractivity contribution in [1.82, 2.24) is 10.6 Å². The lowest BCUT2D eigenvalue weighted by Crippen LogP contribution is -2.67. The van der Waals surface area contributed by atoms with Gasteiger partial charge in [0.25, 0.3) is 0 Å². The van der Waals surface area contributed by atoms with Crippen molar-refractivity contribution in [2.45, 2.75) is 24.7 Å². The summed E-state index contributed by atoms with van der Waals surface area (Å²) in [4.78, 5) is 44.2. The van der Waals surface area contributed by atoms with Crippen molar-refractivity contribution in [2.24, 2.45) is 5.41 Å². The number of carbonyl (C=O) groups excluding carboxylic acids is 3. The Bertz CT molecular complexity index is 1020. The number of rotatable bonds is 4.